The van der Waals surface area contributed by atoms with Crippen LogP contribution >= 0.6 is 11.3 Å². The molecule has 0 saturated carbocycles. The molecule has 1 aliphatic heterocycles. The van der Waals surface area contributed by atoms with Gasteiger partial charge in [0.15, 0.2) is 0 Å². The molecule has 0 spiro atoms. The van der Waals surface area contributed by atoms with Crippen molar-refractivity contribution in [3.05, 3.63) is 69.1 Å². The average molecular weight is 424 g/mol. The smallest absolute Gasteiger partial charge is 0.266 e. The molecular formula is C23H25N3O3S. The van der Waals surface area contributed by atoms with E-state index in [2.05, 4.69) is 5.10 Å². The van der Waals surface area contributed by atoms with Crippen molar-refractivity contribution in [1.29, 1.82) is 0 Å². The van der Waals surface area contributed by atoms with Gasteiger partial charge in [-0.05, 0) is 60.5 Å². The quantitative estimate of drug-likeness (QED) is 0.609. The van der Waals surface area contributed by atoms with Crippen LogP contribution in [0.2, 0.25) is 0 Å². The highest BCUT2D eigenvalue weighted by Crippen LogP contribution is 2.22. The fraction of sp³-hybridized carbons (Fsp3) is 0.348. The van der Waals surface area contributed by atoms with E-state index in [0.29, 0.717) is 18.9 Å². The third-order valence-corrected chi connectivity index (χ3v) is 6.43. The summed E-state index contributed by atoms with van der Waals surface area (Å²) in [4.78, 5) is 27.9. The van der Waals surface area contributed by atoms with E-state index >= 15 is 0 Å². The summed E-state index contributed by atoms with van der Waals surface area (Å²) >= 11 is 1.62. The van der Waals surface area contributed by atoms with Gasteiger partial charge in [0.05, 0.1) is 19.2 Å². The zero-order valence-electron chi connectivity index (χ0n) is 17.0. The predicted molar refractivity (Wildman–Crippen MR) is 118 cm³/mol. The molecule has 3 aromatic rings. The number of hydrogen-bond donors (Lipinski definition) is 0. The van der Waals surface area contributed by atoms with Crippen molar-refractivity contribution in [3.8, 4) is 17.0 Å². The molecule has 1 amide bonds. The second kappa shape index (κ2) is 9.26. The normalized spacial score (nSPS) is 14.6. The van der Waals surface area contributed by atoms with E-state index in [1.807, 2.05) is 46.7 Å². The van der Waals surface area contributed by atoms with E-state index in [-0.39, 0.29) is 11.5 Å². The number of likely N-dealkylation sites (tertiary alicyclic amines) is 1. The van der Waals surface area contributed by atoms with E-state index in [0.717, 1.165) is 47.8 Å². The Balaban J connectivity index is 1.37. The molecule has 2 aromatic heterocycles. The first-order valence-corrected chi connectivity index (χ1v) is 11.0. The summed E-state index contributed by atoms with van der Waals surface area (Å²) in [6, 6.07) is 15.0. The van der Waals surface area contributed by atoms with E-state index in [1.165, 1.54) is 0 Å². The lowest BCUT2D eigenvalue weighted by Crippen LogP contribution is -2.40. The number of hydrogen-bond acceptors (Lipinski definition) is 5. The molecule has 4 rings (SSSR count). The summed E-state index contributed by atoms with van der Waals surface area (Å²) in [5, 5.41) is 6.58. The number of piperidine rings is 1. The topological polar surface area (TPSA) is 64.4 Å². The van der Waals surface area contributed by atoms with Crippen molar-refractivity contribution in [3.63, 3.8) is 0 Å². The number of ether oxygens (including phenoxy) is 1. The van der Waals surface area contributed by atoms with Crippen LogP contribution in [0.4, 0.5) is 0 Å². The van der Waals surface area contributed by atoms with Crippen molar-refractivity contribution in [2.45, 2.75) is 25.8 Å². The molecular weight excluding hydrogens is 398 g/mol. The Morgan fingerprint density at radius 3 is 2.57 bits per heavy atom. The predicted octanol–water partition coefficient (Wildman–Crippen LogP) is 3.46. The van der Waals surface area contributed by atoms with Gasteiger partial charge in [0.25, 0.3) is 5.56 Å². The summed E-state index contributed by atoms with van der Waals surface area (Å²) in [7, 11) is 1.63. The van der Waals surface area contributed by atoms with Crippen molar-refractivity contribution in [2.24, 2.45) is 5.92 Å². The summed E-state index contributed by atoms with van der Waals surface area (Å²) in [6.45, 7) is 2.05. The van der Waals surface area contributed by atoms with Gasteiger partial charge in [-0.15, -0.1) is 11.3 Å². The molecule has 30 heavy (non-hydrogen) atoms. The fourth-order valence-corrected chi connectivity index (χ4v) is 4.47. The molecule has 156 valence electrons. The third kappa shape index (κ3) is 4.79. The molecule has 3 heterocycles. The number of carbonyl (C=O) groups excluding carboxylic acids is 1. The van der Waals surface area contributed by atoms with E-state index in [1.54, 1.807) is 35.3 Å². The maximum absolute atomic E-state index is 12.5. The molecule has 0 unspecified atom stereocenters. The number of amides is 1. The molecule has 7 heteroatoms. The van der Waals surface area contributed by atoms with E-state index in [9.17, 15) is 9.59 Å². The number of rotatable bonds is 6. The first-order valence-electron chi connectivity index (χ1n) is 10.1. The Morgan fingerprint density at radius 2 is 1.90 bits per heavy atom. The highest BCUT2D eigenvalue weighted by Gasteiger charge is 2.24. The van der Waals surface area contributed by atoms with Crippen molar-refractivity contribution in [1.82, 2.24) is 14.7 Å². The zero-order valence-corrected chi connectivity index (χ0v) is 17.8. The lowest BCUT2D eigenvalue weighted by atomic mass is 9.96. The molecule has 1 aliphatic rings. The number of aromatic nitrogens is 2. The Morgan fingerprint density at radius 1 is 1.13 bits per heavy atom. The molecule has 1 saturated heterocycles. The molecule has 0 bridgehead atoms. The highest BCUT2D eigenvalue weighted by molar-refractivity contribution is 7.10. The van der Waals surface area contributed by atoms with Gasteiger partial charge in [-0.3, -0.25) is 9.59 Å². The van der Waals surface area contributed by atoms with Crippen LogP contribution in [-0.2, 0) is 17.8 Å². The zero-order chi connectivity index (χ0) is 20.9. The number of carbonyl (C=O) groups is 1. The Bertz CT molecular complexity index is 1040. The molecule has 6 nitrogen and oxygen atoms in total. The molecule has 0 N–H and O–H groups in total. The lowest BCUT2D eigenvalue weighted by molar-refractivity contribution is -0.131. The van der Waals surface area contributed by atoms with Gasteiger partial charge in [-0.2, -0.15) is 5.10 Å². The SMILES string of the molecule is COc1ccc(-c2ccc(=O)n(CC3CCN(C(=O)Cc4cccs4)CC3)n2)cc1. The Labute approximate surface area is 179 Å². The number of nitrogens with zero attached hydrogens (tertiary/aromatic N) is 3. The largest absolute Gasteiger partial charge is 0.497 e. The van der Waals surface area contributed by atoms with E-state index in [4.69, 9.17) is 4.74 Å². The summed E-state index contributed by atoms with van der Waals surface area (Å²) < 4.78 is 6.76. The standard InChI is InChI=1S/C23H25N3O3S/c1-29-19-6-4-18(5-7-19)21-8-9-22(27)26(24-21)16-17-10-12-25(13-11-17)23(28)15-20-3-2-14-30-20/h2-9,14,17H,10-13,15-16H2,1H3. The van der Waals surface area contributed by atoms with Crippen LogP contribution in [0, 0.1) is 5.92 Å². The summed E-state index contributed by atoms with van der Waals surface area (Å²) in [5.74, 6) is 1.31. The van der Waals surface area contributed by atoms with Crippen molar-refractivity contribution >= 4 is 17.2 Å². The fourth-order valence-electron chi connectivity index (χ4n) is 3.78. The first kappa shape index (κ1) is 20.3. The second-order valence-corrected chi connectivity index (χ2v) is 8.58. The first-order chi connectivity index (χ1) is 14.6. The van der Waals surface area contributed by atoms with Crippen LogP contribution < -0.4 is 10.3 Å². The number of methoxy groups -OCH3 is 1. The number of thiophene rings is 1. The van der Waals surface area contributed by atoms with Crippen molar-refractivity contribution in [2.75, 3.05) is 20.2 Å². The molecule has 0 radical (unpaired) electrons. The molecule has 1 aromatic carbocycles. The number of benzene rings is 1. The summed E-state index contributed by atoms with van der Waals surface area (Å²) in [6.07, 6.45) is 2.25. The monoisotopic (exact) mass is 423 g/mol. The lowest BCUT2D eigenvalue weighted by Gasteiger charge is -2.32. The molecule has 0 aliphatic carbocycles. The second-order valence-electron chi connectivity index (χ2n) is 7.55. The van der Waals surface area contributed by atoms with Crippen LogP contribution in [0.3, 0.4) is 0 Å². The maximum atomic E-state index is 12.5. The van der Waals surface area contributed by atoms with Gasteiger partial charge in [-0.25, -0.2) is 4.68 Å². The highest BCUT2D eigenvalue weighted by atomic mass is 32.1. The van der Waals surface area contributed by atoms with E-state index < -0.39 is 0 Å². The molecule has 0 atom stereocenters. The average Bonchev–Trinajstić information content (AvgIpc) is 3.29. The van der Waals surface area contributed by atoms with Crippen LogP contribution in [0.1, 0.15) is 17.7 Å². The minimum atomic E-state index is -0.0940. The third-order valence-electron chi connectivity index (χ3n) is 5.56. The van der Waals surface area contributed by atoms with Gasteiger partial charge in [0.1, 0.15) is 5.75 Å². The maximum Gasteiger partial charge on any atom is 0.266 e. The van der Waals surface area contributed by atoms with Crippen LogP contribution in [0.5, 0.6) is 5.75 Å². The summed E-state index contributed by atoms with van der Waals surface area (Å²) in [5.41, 5.74) is 1.61. The van der Waals surface area contributed by atoms with Gasteiger partial charge < -0.3 is 9.64 Å². The van der Waals surface area contributed by atoms with Crippen molar-refractivity contribution < 1.29 is 9.53 Å². The van der Waals surface area contributed by atoms with Crippen LogP contribution in [-0.4, -0.2) is 40.8 Å². The van der Waals surface area contributed by atoms with Gasteiger partial charge in [0.2, 0.25) is 5.91 Å². The van der Waals surface area contributed by atoms with Gasteiger partial charge in [0, 0.05) is 36.1 Å². The van der Waals surface area contributed by atoms with Gasteiger partial charge in [-0.1, -0.05) is 6.07 Å². The Kier molecular flexibility index (Phi) is 6.28. The Hall–Kier alpha value is -2.93. The minimum absolute atomic E-state index is 0.0940. The minimum Gasteiger partial charge on any atom is -0.497 e. The van der Waals surface area contributed by atoms with Crippen LogP contribution in [0.15, 0.2) is 58.7 Å². The van der Waals surface area contributed by atoms with Crippen LogP contribution in [0.25, 0.3) is 11.3 Å². The van der Waals surface area contributed by atoms with Gasteiger partial charge >= 0.3 is 0 Å². The molecule has 1 fully saturated rings.